The molecule has 1 unspecified atom stereocenters. The molecule has 0 aliphatic rings. The second-order valence-electron chi connectivity index (χ2n) is 2.86. The number of carbonyl (C=O) groups excluding carboxylic acids is 1. The molecule has 0 saturated heterocycles. The Kier molecular flexibility index (Phi) is 7.09. The number of rotatable bonds is 6. The number of carbonyl (C=O) groups is 1. The van der Waals surface area contributed by atoms with Gasteiger partial charge in [-0.05, 0) is 6.92 Å². The number of hydrogen-bond donors (Lipinski definition) is 3. The van der Waals surface area contributed by atoms with Crippen molar-refractivity contribution in [1.29, 1.82) is 0 Å². The van der Waals surface area contributed by atoms with Crippen LogP contribution in [0.2, 0.25) is 0 Å². The van der Waals surface area contributed by atoms with Crippen LogP contribution >= 0.6 is 0 Å². The monoisotopic (exact) mass is 207 g/mol. The van der Waals surface area contributed by atoms with Crippen LogP contribution in [0.4, 0.5) is 4.79 Å². The van der Waals surface area contributed by atoms with E-state index in [-0.39, 0.29) is 32.9 Å². The van der Waals surface area contributed by atoms with Crippen LogP contribution in [-0.4, -0.2) is 65.3 Å². The maximum atomic E-state index is 11.2. The van der Waals surface area contributed by atoms with Crippen molar-refractivity contribution in [3.05, 3.63) is 0 Å². The van der Waals surface area contributed by atoms with E-state index in [9.17, 15) is 4.79 Å². The SMILES string of the molecule is CC(O)COC(=O)N(CCO)CCO. The van der Waals surface area contributed by atoms with Gasteiger partial charge in [0.05, 0.1) is 19.3 Å². The van der Waals surface area contributed by atoms with Crippen LogP contribution in [0, 0.1) is 0 Å². The Bertz CT molecular complexity index is 156. The van der Waals surface area contributed by atoms with Crippen molar-refractivity contribution in [3.63, 3.8) is 0 Å². The van der Waals surface area contributed by atoms with E-state index in [1.54, 1.807) is 0 Å². The molecule has 1 atom stereocenters. The number of aliphatic hydroxyl groups excluding tert-OH is 3. The zero-order valence-electron chi connectivity index (χ0n) is 8.22. The summed E-state index contributed by atoms with van der Waals surface area (Å²) in [5.41, 5.74) is 0. The first-order valence-electron chi connectivity index (χ1n) is 4.43. The summed E-state index contributed by atoms with van der Waals surface area (Å²) < 4.78 is 4.69. The fourth-order valence-corrected chi connectivity index (χ4v) is 0.819. The molecule has 0 bridgehead atoms. The van der Waals surface area contributed by atoms with Gasteiger partial charge in [0, 0.05) is 13.1 Å². The second-order valence-corrected chi connectivity index (χ2v) is 2.86. The van der Waals surface area contributed by atoms with Gasteiger partial charge in [-0.25, -0.2) is 4.79 Å². The van der Waals surface area contributed by atoms with Crippen molar-refractivity contribution < 1.29 is 24.9 Å². The molecule has 0 aromatic rings. The minimum atomic E-state index is -0.718. The Balaban J connectivity index is 3.88. The van der Waals surface area contributed by atoms with Gasteiger partial charge in [0.25, 0.3) is 0 Å². The first kappa shape index (κ1) is 13.2. The highest BCUT2D eigenvalue weighted by molar-refractivity contribution is 5.67. The Morgan fingerprint density at radius 1 is 1.36 bits per heavy atom. The summed E-state index contributed by atoms with van der Waals surface area (Å²) in [5.74, 6) is 0. The van der Waals surface area contributed by atoms with Crippen molar-refractivity contribution in [2.75, 3.05) is 32.9 Å². The van der Waals surface area contributed by atoms with Crippen LogP contribution in [0.5, 0.6) is 0 Å². The Hall–Kier alpha value is -0.850. The molecule has 6 heteroatoms. The van der Waals surface area contributed by atoms with Gasteiger partial charge < -0.3 is 25.0 Å². The van der Waals surface area contributed by atoms with Crippen LogP contribution in [0.1, 0.15) is 6.92 Å². The molecule has 0 aromatic heterocycles. The maximum absolute atomic E-state index is 11.2. The highest BCUT2D eigenvalue weighted by atomic mass is 16.6. The van der Waals surface area contributed by atoms with E-state index >= 15 is 0 Å². The number of ether oxygens (including phenoxy) is 1. The molecule has 0 aliphatic heterocycles. The summed E-state index contributed by atoms with van der Waals surface area (Å²) in [4.78, 5) is 12.4. The van der Waals surface area contributed by atoms with E-state index in [1.807, 2.05) is 0 Å². The second kappa shape index (κ2) is 7.54. The van der Waals surface area contributed by atoms with Gasteiger partial charge >= 0.3 is 6.09 Å². The third-order valence-electron chi connectivity index (χ3n) is 1.45. The molecule has 0 radical (unpaired) electrons. The first-order valence-corrected chi connectivity index (χ1v) is 4.43. The van der Waals surface area contributed by atoms with Crippen LogP contribution in [0.25, 0.3) is 0 Å². The molecule has 3 N–H and O–H groups in total. The highest BCUT2D eigenvalue weighted by Crippen LogP contribution is 1.94. The lowest BCUT2D eigenvalue weighted by Crippen LogP contribution is -2.37. The predicted octanol–water partition coefficient (Wildman–Crippen LogP) is -1.21. The number of aliphatic hydroxyl groups is 3. The van der Waals surface area contributed by atoms with E-state index < -0.39 is 12.2 Å². The fourth-order valence-electron chi connectivity index (χ4n) is 0.819. The van der Waals surface area contributed by atoms with Crippen molar-refractivity contribution in [2.45, 2.75) is 13.0 Å². The molecule has 84 valence electrons. The van der Waals surface area contributed by atoms with Crippen LogP contribution in [0.15, 0.2) is 0 Å². The zero-order valence-corrected chi connectivity index (χ0v) is 8.22. The number of amides is 1. The molecule has 0 fully saturated rings. The van der Waals surface area contributed by atoms with Crippen molar-refractivity contribution in [1.82, 2.24) is 4.90 Å². The quantitative estimate of drug-likeness (QED) is 0.508. The average molecular weight is 207 g/mol. The molecular formula is C8H17NO5. The third kappa shape index (κ3) is 5.74. The number of nitrogens with zero attached hydrogens (tertiary/aromatic N) is 1. The normalized spacial score (nSPS) is 12.3. The van der Waals surface area contributed by atoms with Gasteiger partial charge in [0.1, 0.15) is 6.61 Å². The van der Waals surface area contributed by atoms with Gasteiger partial charge in [-0.1, -0.05) is 0 Å². The highest BCUT2D eigenvalue weighted by Gasteiger charge is 2.14. The van der Waals surface area contributed by atoms with Crippen molar-refractivity contribution >= 4 is 6.09 Å². The van der Waals surface area contributed by atoms with Gasteiger partial charge in [0.15, 0.2) is 0 Å². The smallest absolute Gasteiger partial charge is 0.410 e. The maximum Gasteiger partial charge on any atom is 0.410 e. The molecule has 1 amide bonds. The van der Waals surface area contributed by atoms with E-state index in [4.69, 9.17) is 15.3 Å². The largest absolute Gasteiger partial charge is 0.447 e. The minimum Gasteiger partial charge on any atom is -0.447 e. The summed E-state index contributed by atoms with van der Waals surface area (Å²) in [5, 5.41) is 26.1. The standard InChI is InChI=1S/C8H17NO5/c1-7(12)6-14-8(13)9(2-4-10)3-5-11/h7,10-12H,2-6H2,1H3. The predicted molar refractivity (Wildman–Crippen MR) is 48.8 cm³/mol. The molecule has 0 aliphatic carbocycles. The van der Waals surface area contributed by atoms with E-state index in [1.165, 1.54) is 11.8 Å². The van der Waals surface area contributed by atoms with E-state index in [0.717, 1.165) is 0 Å². The molecule has 0 aromatic carbocycles. The summed E-state index contributed by atoms with van der Waals surface area (Å²) in [6, 6.07) is 0. The Morgan fingerprint density at radius 2 is 1.86 bits per heavy atom. The number of hydrogen-bond acceptors (Lipinski definition) is 5. The summed E-state index contributed by atoms with van der Waals surface area (Å²) >= 11 is 0. The summed E-state index contributed by atoms with van der Waals surface area (Å²) in [6.45, 7) is 1.24. The van der Waals surface area contributed by atoms with Crippen LogP contribution < -0.4 is 0 Å². The molecule has 0 heterocycles. The lowest BCUT2D eigenvalue weighted by atomic mass is 10.4. The molecule has 6 nitrogen and oxygen atoms in total. The van der Waals surface area contributed by atoms with Crippen molar-refractivity contribution in [3.8, 4) is 0 Å². The molecule has 0 saturated carbocycles. The summed E-state index contributed by atoms with van der Waals surface area (Å²) in [6.07, 6.45) is -1.36. The Labute approximate surface area is 82.7 Å². The average Bonchev–Trinajstić information content (AvgIpc) is 2.14. The van der Waals surface area contributed by atoms with Gasteiger partial charge in [-0.2, -0.15) is 0 Å². The molecule has 0 rings (SSSR count). The molecular weight excluding hydrogens is 190 g/mol. The topological polar surface area (TPSA) is 90.2 Å². The fraction of sp³-hybridized carbons (Fsp3) is 0.875. The van der Waals surface area contributed by atoms with Gasteiger partial charge in [-0.3, -0.25) is 0 Å². The molecule has 14 heavy (non-hydrogen) atoms. The minimum absolute atomic E-state index is 0.0911. The zero-order chi connectivity index (χ0) is 11.0. The van der Waals surface area contributed by atoms with Crippen LogP contribution in [-0.2, 0) is 4.74 Å². The van der Waals surface area contributed by atoms with E-state index in [0.29, 0.717) is 0 Å². The van der Waals surface area contributed by atoms with Gasteiger partial charge in [-0.15, -0.1) is 0 Å². The van der Waals surface area contributed by atoms with E-state index in [2.05, 4.69) is 4.74 Å². The summed E-state index contributed by atoms with van der Waals surface area (Å²) in [7, 11) is 0. The third-order valence-corrected chi connectivity index (χ3v) is 1.45. The van der Waals surface area contributed by atoms with Crippen LogP contribution in [0.3, 0.4) is 0 Å². The molecule has 0 spiro atoms. The lowest BCUT2D eigenvalue weighted by molar-refractivity contribution is 0.0478. The first-order chi connectivity index (χ1) is 6.61. The van der Waals surface area contributed by atoms with Crippen molar-refractivity contribution in [2.24, 2.45) is 0 Å². The lowest BCUT2D eigenvalue weighted by Gasteiger charge is -2.20. The Morgan fingerprint density at radius 3 is 2.21 bits per heavy atom. The van der Waals surface area contributed by atoms with Gasteiger partial charge in [0.2, 0.25) is 0 Å².